The van der Waals surface area contributed by atoms with Crippen molar-refractivity contribution in [1.82, 2.24) is 10.6 Å². The Bertz CT molecular complexity index is 1020. The van der Waals surface area contributed by atoms with Crippen LogP contribution in [-0.2, 0) is 6.42 Å². The lowest BCUT2D eigenvalue weighted by atomic mass is 10.00. The fourth-order valence-electron chi connectivity index (χ4n) is 4.97. The van der Waals surface area contributed by atoms with Crippen LogP contribution in [0.1, 0.15) is 75.2 Å². The molecular weight excluding hydrogens is 512 g/mol. The summed E-state index contributed by atoms with van der Waals surface area (Å²) in [6, 6.07) is 15.0. The van der Waals surface area contributed by atoms with Gasteiger partial charge in [0.15, 0.2) is 0 Å². The van der Waals surface area contributed by atoms with Crippen molar-refractivity contribution < 1.29 is 19.0 Å². The summed E-state index contributed by atoms with van der Waals surface area (Å²) in [7, 11) is -2.93. The minimum absolute atomic E-state index is 0.280. The quantitative estimate of drug-likeness (QED) is 0.156. The summed E-state index contributed by atoms with van der Waals surface area (Å²) in [5.74, 6) is 0.0234. The highest BCUT2D eigenvalue weighted by Gasteiger charge is 2.28. The maximum absolute atomic E-state index is 13.6. The summed E-state index contributed by atoms with van der Waals surface area (Å²) in [5, 5.41) is 21.0. The van der Waals surface area contributed by atoms with Crippen LogP contribution in [-0.4, -0.2) is 63.7 Å². The Hall–Kier alpha value is -2.30. The molecule has 3 atom stereocenters. The molecule has 0 spiro atoms. The van der Waals surface area contributed by atoms with E-state index in [0.29, 0.717) is 43.1 Å². The van der Waals surface area contributed by atoms with E-state index in [-0.39, 0.29) is 11.9 Å². The summed E-state index contributed by atoms with van der Waals surface area (Å²) < 4.78 is 23.0. The number of nitrogens with one attached hydrogen (secondary N) is 3. The maximum atomic E-state index is 13.6. The topological polar surface area (TPSA) is 117 Å². The second-order valence-electron chi connectivity index (χ2n) is 10.6. The number of rotatable bonds is 15. The highest BCUT2D eigenvalue weighted by atomic mass is 32.3. The molecule has 9 heteroatoms. The third-order valence-corrected chi connectivity index (χ3v) is 9.16. The maximum Gasteiger partial charge on any atom is 0.251 e. The van der Waals surface area contributed by atoms with Gasteiger partial charge in [-0.2, -0.15) is 0 Å². The van der Waals surface area contributed by atoms with Crippen molar-refractivity contribution in [3.05, 3.63) is 59.7 Å². The van der Waals surface area contributed by atoms with Gasteiger partial charge in [0, 0.05) is 36.9 Å². The van der Waals surface area contributed by atoms with Gasteiger partial charge in [-0.25, -0.2) is 0 Å². The molecule has 0 radical (unpaired) electrons. The largest absolute Gasteiger partial charge is 0.390 e. The molecule has 1 aliphatic rings. The first-order valence-electron chi connectivity index (χ1n) is 14.4. The van der Waals surface area contributed by atoms with Gasteiger partial charge in [-0.15, -0.1) is 10.8 Å². The first-order valence-corrected chi connectivity index (χ1v) is 16.1. The molecule has 1 unspecified atom stereocenters. The van der Waals surface area contributed by atoms with Gasteiger partial charge in [0.1, 0.15) is 0 Å². The van der Waals surface area contributed by atoms with Gasteiger partial charge in [0.2, 0.25) is 0 Å². The minimum atomic E-state index is -2.93. The molecule has 1 aliphatic heterocycles. The van der Waals surface area contributed by atoms with E-state index in [1.54, 1.807) is 16.4 Å². The van der Waals surface area contributed by atoms with E-state index in [2.05, 4.69) is 29.8 Å². The highest BCUT2D eigenvalue weighted by molar-refractivity contribution is 8.25. The molecule has 8 nitrogen and oxygen atoms in total. The van der Waals surface area contributed by atoms with Gasteiger partial charge in [0.25, 0.3) is 5.91 Å². The summed E-state index contributed by atoms with van der Waals surface area (Å²) >= 11 is 0. The number of hydrogen-bond acceptors (Lipinski definition) is 7. The second-order valence-corrected chi connectivity index (χ2v) is 12.7. The average molecular weight is 561 g/mol. The lowest BCUT2D eigenvalue weighted by molar-refractivity contribution is 0.0825. The molecule has 1 fully saturated rings. The summed E-state index contributed by atoms with van der Waals surface area (Å²) in [4.78, 5) is 13.6. The summed E-state index contributed by atoms with van der Waals surface area (Å²) in [6.07, 6.45) is 5.90. The Morgan fingerprint density at radius 2 is 1.85 bits per heavy atom. The van der Waals surface area contributed by atoms with E-state index >= 15 is 0 Å². The summed E-state index contributed by atoms with van der Waals surface area (Å²) in [5.41, 5.74) is 2.79. The number of carbonyl (C=O) groups excluding carboxylic acids is 1. The number of hydrogen-bond donors (Lipinski definition) is 6. The van der Waals surface area contributed by atoms with Crippen molar-refractivity contribution in [1.29, 1.82) is 0 Å². The number of aliphatic hydroxyl groups is 1. The molecule has 3 rings (SSSR count). The SMILES string of the molecule is CCCCCC(C)NC[C@H](O)[C@H](Cc1ccccc1)NC(=O)c1cc(NCC)cc(N2CCCCS2(O)O)c1. The van der Waals surface area contributed by atoms with Crippen LogP contribution < -0.4 is 20.3 Å². The monoisotopic (exact) mass is 560 g/mol. The zero-order valence-corrected chi connectivity index (χ0v) is 24.6. The molecule has 0 bridgehead atoms. The number of carbonyl (C=O) groups is 1. The van der Waals surface area contributed by atoms with E-state index in [0.717, 1.165) is 36.9 Å². The molecule has 0 aromatic heterocycles. The third-order valence-electron chi connectivity index (χ3n) is 7.23. The predicted octanol–water partition coefficient (Wildman–Crippen LogP) is 5.64. The van der Waals surface area contributed by atoms with E-state index < -0.39 is 22.9 Å². The molecule has 1 amide bonds. The van der Waals surface area contributed by atoms with E-state index in [4.69, 9.17) is 0 Å². The average Bonchev–Trinajstić information content (AvgIpc) is 2.91. The molecule has 39 heavy (non-hydrogen) atoms. The predicted molar refractivity (Wildman–Crippen MR) is 164 cm³/mol. The van der Waals surface area contributed by atoms with Gasteiger partial charge < -0.3 is 21.1 Å². The standard InChI is InChI=1S/C30H48N4O4S/c1-4-6-8-13-23(3)32-22-29(35)28(18-24-14-9-7-10-15-24)33-30(36)25-19-26(31-5-2)21-27(20-25)34-16-11-12-17-39(34,37)38/h7,9-10,14-15,19-21,23,28-29,31-32,35,37-38H,4-6,8,11-13,16-18,22H2,1-3H3,(H,33,36)/t23?,28-,29-/m0/s1. The number of unbranched alkanes of at least 4 members (excludes halogenated alkanes) is 2. The van der Waals surface area contributed by atoms with Crippen LogP contribution in [0, 0.1) is 0 Å². The minimum Gasteiger partial charge on any atom is -0.390 e. The Kier molecular flexibility index (Phi) is 12.4. The van der Waals surface area contributed by atoms with Crippen LogP contribution >= 0.6 is 10.8 Å². The van der Waals surface area contributed by atoms with Crippen molar-refractivity contribution in [3.8, 4) is 0 Å². The molecule has 1 heterocycles. The molecule has 2 aromatic rings. The van der Waals surface area contributed by atoms with Crippen molar-refractivity contribution in [2.75, 3.05) is 35.0 Å². The lowest BCUT2D eigenvalue weighted by Crippen LogP contribution is -2.49. The molecule has 2 aromatic carbocycles. The van der Waals surface area contributed by atoms with Gasteiger partial charge in [-0.3, -0.25) is 18.2 Å². The molecular formula is C30H48N4O4S. The van der Waals surface area contributed by atoms with Crippen molar-refractivity contribution >= 4 is 28.1 Å². The van der Waals surface area contributed by atoms with Crippen molar-refractivity contribution in [2.24, 2.45) is 0 Å². The third kappa shape index (κ3) is 9.69. The fraction of sp³-hybridized carbons (Fsp3) is 0.567. The highest BCUT2D eigenvalue weighted by Crippen LogP contribution is 2.50. The van der Waals surface area contributed by atoms with Gasteiger partial charge in [0.05, 0.1) is 23.6 Å². The smallest absolute Gasteiger partial charge is 0.251 e. The number of amides is 1. The van der Waals surface area contributed by atoms with Gasteiger partial charge in [-0.1, -0.05) is 56.5 Å². The Morgan fingerprint density at radius 3 is 2.54 bits per heavy atom. The van der Waals surface area contributed by atoms with E-state index in [9.17, 15) is 19.0 Å². The van der Waals surface area contributed by atoms with E-state index in [1.807, 2.05) is 43.3 Å². The van der Waals surface area contributed by atoms with Crippen LogP contribution in [0.5, 0.6) is 0 Å². The normalized spacial score (nSPS) is 18.2. The van der Waals surface area contributed by atoms with Crippen LogP contribution in [0.4, 0.5) is 11.4 Å². The number of anilines is 2. The van der Waals surface area contributed by atoms with Crippen molar-refractivity contribution in [2.45, 2.75) is 83.9 Å². The van der Waals surface area contributed by atoms with Crippen LogP contribution in [0.25, 0.3) is 0 Å². The zero-order chi connectivity index (χ0) is 28.3. The molecule has 0 saturated carbocycles. The number of benzene rings is 2. The molecule has 218 valence electrons. The first-order chi connectivity index (χ1) is 18.7. The number of nitrogens with zero attached hydrogens (tertiary/aromatic N) is 1. The fourth-order valence-corrected chi connectivity index (χ4v) is 6.64. The van der Waals surface area contributed by atoms with Crippen LogP contribution in [0.2, 0.25) is 0 Å². The van der Waals surface area contributed by atoms with Gasteiger partial charge >= 0.3 is 0 Å². The molecule has 0 aliphatic carbocycles. The number of aliphatic hydroxyl groups excluding tert-OH is 1. The molecule has 1 saturated heterocycles. The molecule has 6 N–H and O–H groups in total. The Labute approximate surface area is 236 Å². The van der Waals surface area contributed by atoms with Crippen LogP contribution in [0.15, 0.2) is 48.5 Å². The Morgan fingerprint density at radius 1 is 1.08 bits per heavy atom. The van der Waals surface area contributed by atoms with Crippen molar-refractivity contribution in [3.63, 3.8) is 0 Å². The zero-order valence-electron chi connectivity index (χ0n) is 23.7. The van der Waals surface area contributed by atoms with Gasteiger partial charge in [-0.05, 0) is 63.3 Å². The van der Waals surface area contributed by atoms with E-state index in [1.165, 1.54) is 12.8 Å². The summed E-state index contributed by atoms with van der Waals surface area (Å²) in [6.45, 7) is 7.86. The Balaban J connectivity index is 1.79. The first kappa shape index (κ1) is 31.2. The lowest BCUT2D eigenvalue weighted by Gasteiger charge is -2.47. The second kappa shape index (κ2) is 15.5. The van der Waals surface area contributed by atoms with Crippen LogP contribution in [0.3, 0.4) is 0 Å².